The van der Waals surface area contributed by atoms with Crippen molar-refractivity contribution in [2.45, 2.75) is 36.8 Å². The molecule has 0 amide bonds. The van der Waals surface area contributed by atoms with Crippen LogP contribution in [0.3, 0.4) is 0 Å². The third-order valence-corrected chi connectivity index (χ3v) is 6.67. The molecule has 1 aromatic rings. The lowest BCUT2D eigenvalue weighted by molar-refractivity contribution is 0.578. The Morgan fingerprint density at radius 2 is 1.95 bits per heavy atom. The number of rotatable bonds is 5. The summed E-state index contributed by atoms with van der Waals surface area (Å²) < 4.78 is 27.7. The number of sulfonamides is 1. The number of hydrogen-bond acceptors (Lipinski definition) is 4. The molecule has 1 aromatic carbocycles. The highest BCUT2D eigenvalue weighted by Crippen LogP contribution is 2.27. The minimum absolute atomic E-state index is 0.416. The van der Waals surface area contributed by atoms with Crippen molar-refractivity contribution < 1.29 is 8.42 Å². The summed E-state index contributed by atoms with van der Waals surface area (Å²) in [6, 6.07) is 3.73. The van der Waals surface area contributed by atoms with Gasteiger partial charge in [-0.15, -0.1) is 0 Å². The summed E-state index contributed by atoms with van der Waals surface area (Å²) in [5.41, 5.74) is 2.49. The highest BCUT2D eigenvalue weighted by molar-refractivity contribution is 8.00. The molecule has 0 aromatic heterocycles. The summed E-state index contributed by atoms with van der Waals surface area (Å²) in [7, 11) is -1.59. The summed E-state index contributed by atoms with van der Waals surface area (Å²) in [5.74, 6) is 1.14. The maximum absolute atomic E-state index is 12.5. The van der Waals surface area contributed by atoms with E-state index in [1.165, 1.54) is 6.42 Å². The second-order valence-corrected chi connectivity index (χ2v) is 8.29. The van der Waals surface area contributed by atoms with Crippen LogP contribution in [-0.2, 0) is 10.0 Å². The molecule has 0 saturated carbocycles. The van der Waals surface area contributed by atoms with Crippen LogP contribution < -0.4 is 10.0 Å². The Morgan fingerprint density at radius 1 is 1.30 bits per heavy atom. The van der Waals surface area contributed by atoms with Crippen LogP contribution in [-0.4, -0.2) is 33.0 Å². The second-order valence-electron chi connectivity index (χ2n) is 5.18. The lowest BCUT2D eigenvalue weighted by Gasteiger charge is -2.15. The molecule has 4 nitrogen and oxygen atoms in total. The quantitative estimate of drug-likeness (QED) is 0.877. The summed E-state index contributed by atoms with van der Waals surface area (Å²) in [6.07, 6.45) is 2.29. The molecule has 1 aliphatic heterocycles. The van der Waals surface area contributed by atoms with Gasteiger partial charge in [0.05, 0.1) is 4.90 Å². The standard InChI is InChI=1S/C14H22N2O2S2/c1-10-7-12(15-3)8-11(2)14(10)20(17,18)16-9-13-5-4-6-19-13/h7-8,13,15-16H,4-6,9H2,1-3H3. The molecule has 112 valence electrons. The van der Waals surface area contributed by atoms with Crippen molar-refractivity contribution in [1.29, 1.82) is 0 Å². The van der Waals surface area contributed by atoms with Gasteiger partial charge in [-0.25, -0.2) is 13.1 Å². The fourth-order valence-electron chi connectivity index (χ4n) is 2.60. The van der Waals surface area contributed by atoms with Crippen molar-refractivity contribution in [1.82, 2.24) is 4.72 Å². The van der Waals surface area contributed by atoms with Gasteiger partial charge in [0.15, 0.2) is 0 Å². The van der Waals surface area contributed by atoms with Gasteiger partial charge >= 0.3 is 0 Å². The van der Waals surface area contributed by atoms with Crippen molar-refractivity contribution in [3.63, 3.8) is 0 Å². The van der Waals surface area contributed by atoms with Crippen LogP contribution in [0.5, 0.6) is 0 Å². The van der Waals surface area contributed by atoms with Crippen molar-refractivity contribution >= 4 is 27.5 Å². The van der Waals surface area contributed by atoms with Gasteiger partial charge in [-0.1, -0.05) is 0 Å². The third-order valence-electron chi connectivity index (χ3n) is 3.54. The Morgan fingerprint density at radius 3 is 2.45 bits per heavy atom. The van der Waals surface area contributed by atoms with Gasteiger partial charge < -0.3 is 5.32 Å². The molecule has 2 N–H and O–H groups in total. The predicted molar refractivity (Wildman–Crippen MR) is 86.1 cm³/mol. The first kappa shape index (κ1) is 15.7. The molecule has 1 aliphatic rings. The molecule has 0 spiro atoms. The van der Waals surface area contributed by atoms with Crippen LogP contribution in [0.1, 0.15) is 24.0 Å². The Balaban J connectivity index is 2.20. The zero-order valence-electron chi connectivity index (χ0n) is 12.2. The Kier molecular flexibility index (Phi) is 4.99. The molecule has 2 rings (SSSR count). The van der Waals surface area contributed by atoms with E-state index >= 15 is 0 Å². The number of benzene rings is 1. The van der Waals surface area contributed by atoms with Gasteiger partial charge in [0, 0.05) is 24.5 Å². The van der Waals surface area contributed by atoms with E-state index in [9.17, 15) is 8.42 Å². The Hall–Kier alpha value is -0.720. The van der Waals surface area contributed by atoms with Crippen molar-refractivity contribution in [2.75, 3.05) is 24.7 Å². The molecule has 0 aliphatic carbocycles. The van der Waals surface area contributed by atoms with Gasteiger partial charge in [0.1, 0.15) is 0 Å². The van der Waals surface area contributed by atoms with E-state index in [2.05, 4.69) is 10.0 Å². The normalized spacial score (nSPS) is 19.2. The molecular formula is C14H22N2O2S2. The molecule has 1 unspecified atom stereocenters. The van der Waals surface area contributed by atoms with Crippen LogP contribution in [0, 0.1) is 13.8 Å². The van der Waals surface area contributed by atoms with Gasteiger partial charge in [-0.2, -0.15) is 11.8 Å². The lowest BCUT2D eigenvalue weighted by Crippen LogP contribution is -2.30. The van der Waals surface area contributed by atoms with Crippen LogP contribution in [0.2, 0.25) is 0 Å². The first-order valence-corrected chi connectivity index (χ1v) is 9.37. The van der Waals surface area contributed by atoms with E-state index in [0.717, 1.165) is 29.0 Å². The van der Waals surface area contributed by atoms with Gasteiger partial charge in [-0.3, -0.25) is 0 Å². The molecule has 20 heavy (non-hydrogen) atoms. The first-order chi connectivity index (χ1) is 9.44. The van der Waals surface area contributed by atoms with Crippen LogP contribution in [0.15, 0.2) is 17.0 Å². The van der Waals surface area contributed by atoms with Crippen LogP contribution in [0.25, 0.3) is 0 Å². The fourth-order valence-corrected chi connectivity index (χ4v) is 5.44. The molecule has 1 fully saturated rings. The molecule has 0 bridgehead atoms. The zero-order chi connectivity index (χ0) is 14.8. The van der Waals surface area contributed by atoms with E-state index < -0.39 is 10.0 Å². The minimum Gasteiger partial charge on any atom is -0.388 e. The van der Waals surface area contributed by atoms with Gasteiger partial charge in [-0.05, 0) is 55.7 Å². The first-order valence-electron chi connectivity index (χ1n) is 6.84. The highest BCUT2D eigenvalue weighted by Gasteiger charge is 2.23. The maximum Gasteiger partial charge on any atom is 0.241 e. The van der Waals surface area contributed by atoms with Crippen molar-refractivity contribution in [3.8, 4) is 0 Å². The molecule has 1 atom stereocenters. The summed E-state index contributed by atoms with van der Waals surface area (Å²) in [5, 5.41) is 3.46. The number of anilines is 1. The number of hydrogen-bond donors (Lipinski definition) is 2. The van der Waals surface area contributed by atoms with E-state index in [0.29, 0.717) is 16.7 Å². The molecular weight excluding hydrogens is 292 g/mol. The van der Waals surface area contributed by atoms with Gasteiger partial charge in [0.25, 0.3) is 0 Å². The molecule has 1 saturated heterocycles. The van der Waals surface area contributed by atoms with E-state index in [1.54, 1.807) is 0 Å². The largest absolute Gasteiger partial charge is 0.388 e. The predicted octanol–water partition coefficient (Wildman–Crippen LogP) is 2.52. The average molecular weight is 314 g/mol. The molecule has 6 heteroatoms. The summed E-state index contributed by atoms with van der Waals surface area (Å²) in [4.78, 5) is 0.416. The van der Waals surface area contributed by atoms with Crippen molar-refractivity contribution in [3.05, 3.63) is 23.3 Å². The summed E-state index contributed by atoms with van der Waals surface area (Å²) >= 11 is 1.86. The maximum atomic E-state index is 12.5. The fraction of sp³-hybridized carbons (Fsp3) is 0.571. The van der Waals surface area contributed by atoms with E-state index in [4.69, 9.17) is 0 Å². The topological polar surface area (TPSA) is 58.2 Å². The van der Waals surface area contributed by atoms with E-state index in [1.807, 2.05) is 44.8 Å². The Labute approximate surface area is 125 Å². The monoisotopic (exact) mass is 314 g/mol. The van der Waals surface area contributed by atoms with Crippen molar-refractivity contribution in [2.24, 2.45) is 0 Å². The second kappa shape index (κ2) is 6.37. The summed E-state index contributed by atoms with van der Waals surface area (Å²) in [6.45, 7) is 4.21. The third kappa shape index (κ3) is 3.48. The van der Waals surface area contributed by atoms with Crippen LogP contribution in [0.4, 0.5) is 5.69 Å². The van der Waals surface area contributed by atoms with Gasteiger partial charge in [0.2, 0.25) is 10.0 Å². The average Bonchev–Trinajstić information content (AvgIpc) is 2.88. The molecule has 0 radical (unpaired) electrons. The number of thioether (sulfide) groups is 1. The van der Waals surface area contributed by atoms with Crippen LogP contribution >= 0.6 is 11.8 Å². The van der Waals surface area contributed by atoms with E-state index in [-0.39, 0.29) is 0 Å². The SMILES string of the molecule is CNc1cc(C)c(S(=O)(=O)NCC2CCCS2)c(C)c1. The Bertz CT molecular complexity index is 556. The number of aryl methyl sites for hydroxylation is 2. The highest BCUT2D eigenvalue weighted by atomic mass is 32.2. The molecule has 1 heterocycles. The zero-order valence-corrected chi connectivity index (χ0v) is 13.8. The smallest absolute Gasteiger partial charge is 0.241 e. The lowest BCUT2D eigenvalue weighted by atomic mass is 10.1. The number of nitrogens with one attached hydrogen (secondary N) is 2. The minimum atomic E-state index is -3.43.